The van der Waals surface area contributed by atoms with Crippen molar-refractivity contribution < 1.29 is 4.79 Å². The Hall–Kier alpha value is -2.82. The number of anilines is 1. The van der Waals surface area contributed by atoms with Gasteiger partial charge in [-0.15, -0.1) is 0 Å². The predicted octanol–water partition coefficient (Wildman–Crippen LogP) is 2.64. The highest BCUT2D eigenvalue weighted by Gasteiger charge is 2.17. The smallest absolute Gasteiger partial charge is 0.272 e. The monoisotopic (exact) mass is 280 g/mol. The van der Waals surface area contributed by atoms with Gasteiger partial charge in [-0.25, -0.2) is 0 Å². The second-order valence-electron chi connectivity index (χ2n) is 4.98. The zero-order valence-corrected chi connectivity index (χ0v) is 11.6. The first-order valence-corrected chi connectivity index (χ1v) is 6.74. The Morgan fingerprint density at radius 3 is 2.76 bits per heavy atom. The highest BCUT2D eigenvalue weighted by atomic mass is 16.2. The molecule has 3 rings (SSSR count). The van der Waals surface area contributed by atoms with Gasteiger partial charge in [0.2, 0.25) is 0 Å². The Bertz CT molecular complexity index is 779. The minimum Gasteiger partial charge on any atom is -0.399 e. The number of nitrogens with one attached hydrogen (secondary N) is 2. The summed E-state index contributed by atoms with van der Waals surface area (Å²) < 4.78 is 0. The number of nitrogens with zero attached hydrogens (tertiary/aromatic N) is 1. The zero-order valence-electron chi connectivity index (χ0n) is 11.6. The molecule has 0 saturated heterocycles. The van der Waals surface area contributed by atoms with Gasteiger partial charge in [-0.1, -0.05) is 30.3 Å². The fourth-order valence-corrected chi connectivity index (χ4v) is 2.29. The summed E-state index contributed by atoms with van der Waals surface area (Å²) in [4.78, 5) is 12.4. The van der Waals surface area contributed by atoms with Crippen molar-refractivity contribution in [3.8, 4) is 0 Å². The number of carbonyl (C=O) groups excluding carboxylic acids is 1. The average Bonchev–Trinajstić information content (AvgIpc) is 2.91. The maximum atomic E-state index is 12.4. The highest BCUT2D eigenvalue weighted by Crippen LogP contribution is 2.20. The molecular weight excluding hydrogens is 264 g/mol. The number of aromatic nitrogens is 2. The first-order valence-electron chi connectivity index (χ1n) is 6.74. The van der Waals surface area contributed by atoms with Crippen LogP contribution < -0.4 is 11.1 Å². The van der Waals surface area contributed by atoms with E-state index in [0.29, 0.717) is 11.4 Å². The molecule has 4 N–H and O–H groups in total. The molecule has 0 spiro atoms. The molecule has 1 atom stereocenters. The third kappa shape index (κ3) is 2.58. The van der Waals surface area contributed by atoms with E-state index >= 15 is 0 Å². The lowest BCUT2D eigenvalue weighted by Gasteiger charge is -2.13. The molecule has 5 heteroatoms. The van der Waals surface area contributed by atoms with Gasteiger partial charge in [-0.3, -0.25) is 9.89 Å². The van der Waals surface area contributed by atoms with E-state index in [1.165, 1.54) is 0 Å². The largest absolute Gasteiger partial charge is 0.399 e. The minimum atomic E-state index is -0.219. The maximum absolute atomic E-state index is 12.4. The van der Waals surface area contributed by atoms with Crippen LogP contribution >= 0.6 is 0 Å². The number of carbonyl (C=O) groups is 1. The predicted molar refractivity (Wildman–Crippen MR) is 82.8 cm³/mol. The lowest BCUT2D eigenvalue weighted by Crippen LogP contribution is -2.27. The fraction of sp³-hybridized carbons (Fsp3) is 0.125. The van der Waals surface area contributed by atoms with Gasteiger partial charge in [0.25, 0.3) is 5.91 Å². The van der Waals surface area contributed by atoms with E-state index in [1.807, 2.05) is 43.3 Å². The number of hydrogen-bond acceptors (Lipinski definition) is 3. The van der Waals surface area contributed by atoms with Crippen molar-refractivity contribution in [3.05, 3.63) is 59.8 Å². The summed E-state index contributed by atoms with van der Waals surface area (Å²) in [6, 6.07) is 15.0. The molecule has 0 aliphatic rings. The van der Waals surface area contributed by atoms with Crippen LogP contribution in [0.15, 0.2) is 48.5 Å². The van der Waals surface area contributed by atoms with E-state index in [0.717, 1.165) is 16.5 Å². The van der Waals surface area contributed by atoms with Gasteiger partial charge >= 0.3 is 0 Å². The van der Waals surface area contributed by atoms with E-state index in [-0.39, 0.29) is 11.9 Å². The van der Waals surface area contributed by atoms with Gasteiger partial charge in [-0.2, -0.15) is 5.10 Å². The third-order valence-corrected chi connectivity index (χ3v) is 3.45. The minimum absolute atomic E-state index is 0.0912. The Kier molecular flexibility index (Phi) is 3.31. The number of benzene rings is 2. The normalized spacial score (nSPS) is 12.2. The van der Waals surface area contributed by atoms with Crippen LogP contribution in [0, 0.1) is 0 Å². The number of nitrogen functional groups attached to an aromatic ring is 1. The Balaban J connectivity index is 1.86. The summed E-state index contributed by atoms with van der Waals surface area (Å²) in [5.74, 6) is -0.219. The van der Waals surface area contributed by atoms with Gasteiger partial charge < -0.3 is 11.1 Å². The second-order valence-corrected chi connectivity index (χ2v) is 4.98. The molecule has 1 aromatic heterocycles. The van der Waals surface area contributed by atoms with Crippen LogP contribution in [0.5, 0.6) is 0 Å². The molecule has 5 nitrogen and oxygen atoms in total. The van der Waals surface area contributed by atoms with Crippen LogP contribution in [0.1, 0.15) is 29.0 Å². The number of fused-ring (bicyclic) bond motifs is 1. The number of H-pyrrole nitrogens is 1. The van der Waals surface area contributed by atoms with E-state index in [2.05, 4.69) is 15.5 Å². The van der Waals surface area contributed by atoms with Crippen molar-refractivity contribution >= 4 is 22.5 Å². The molecule has 1 heterocycles. The molecule has 0 aliphatic heterocycles. The molecule has 3 aromatic rings. The van der Waals surface area contributed by atoms with Crippen molar-refractivity contribution in [3.63, 3.8) is 0 Å². The number of hydrogen-bond donors (Lipinski definition) is 3. The zero-order chi connectivity index (χ0) is 14.8. The summed E-state index contributed by atoms with van der Waals surface area (Å²) in [6.07, 6.45) is 0. The lowest BCUT2D eigenvalue weighted by molar-refractivity contribution is 0.0936. The van der Waals surface area contributed by atoms with Crippen LogP contribution in [0.3, 0.4) is 0 Å². The van der Waals surface area contributed by atoms with Gasteiger partial charge in [0, 0.05) is 11.1 Å². The number of amides is 1. The van der Waals surface area contributed by atoms with Gasteiger partial charge in [0.05, 0.1) is 11.6 Å². The topological polar surface area (TPSA) is 83.8 Å². The molecule has 0 aliphatic carbocycles. The first kappa shape index (κ1) is 13.2. The maximum Gasteiger partial charge on any atom is 0.272 e. The van der Waals surface area contributed by atoms with Crippen molar-refractivity contribution in [2.24, 2.45) is 0 Å². The third-order valence-electron chi connectivity index (χ3n) is 3.45. The van der Waals surface area contributed by atoms with Crippen LogP contribution in [-0.4, -0.2) is 16.1 Å². The first-order chi connectivity index (χ1) is 10.1. The number of nitrogens with two attached hydrogens (primary N) is 1. The lowest BCUT2D eigenvalue weighted by atomic mass is 10.1. The second kappa shape index (κ2) is 5.28. The molecule has 0 saturated carbocycles. The molecular formula is C16H16N4O. The fourth-order valence-electron chi connectivity index (χ4n) is 2.29. The SMILES string of the molecule is C[C@H](NC(=O)c1n[nH]c2ccc(N)cc12)c1ccccc1. The summed E-state index contributed by atoms with van der Waals surface area (Å²) in [5, 5.41) is 10.6. The molecule has 0 unspecified atom stereocenters. The summed E-state index contributed by atoms with van der Waals surface area (Å²) in [5.41, 5.74) is 8.58. The number of aromatic amines is 1. The summed E-state index contributed by atoms with van der Waals surface area (Å²) in [7, 11) is 0. The van der Waals surface area contributed by atoms with Gasteiger partial charge in [0.15, 0.2) is 5.69 Å². The Labute approximate surface area is 122 Å². The summed E-state index contributed by atoms with van der Waals surface area (Å²) >= 11 is 0. The molecule has 0 radical (unpaired) electrons. The van der Waals surface area contributed by atoms with Crippen LogP contribution in [0.4, 0.5) is 5.69 Å². The quantitative estimate of drug-likeness (QED) is 0.645. The molecule has 0 bridgehead atoms. The summed E-state index contributed by atoms with van der Waals surface area (Å²) in [6.45, 7) is 1.94. The van der Waals surface area contributed by atoms with E-state index < -0.39 is 0 Å². The molecule has 2 aromatic carbocycles. The Morgan fingerprint density at radius 1 is 1.24 bits per heavy atom. The average molecular weight is 280 g/mol. The standard InChI is InChI=1S/C16H16N4O/c1-10(11-5-3-2-4-6-11)18-16(21)15-13-9-12(17)7-8-14(13)19-20-15/h2-10H,17H2,1H3,(H,18,21)(H,19,20)/t10-/m0/s1. The van der Waals surface area contributed by atoms with Crippen molar-refractivity contribution in [1.29, 1.82) is 0 Å². The van der Waals surface area contributed by atoms with Crippen LogP contribution in [-0.2, 0) is 0 Å². The highest BCUT2D eigenvalue weighted by molar-refractivity contribution is 6.05. The van der Waals surface area contributed by atoms with Gasteiger partial charge in [-0.05, 0) is 30.7 Å². The van der Waals surface area contributed by atoms with E-state index in [4.69, 9.17) is 5.73 Å². The van der Waals surface area contributed by atoms with Gasteiger partial charge in [0.1, 0.15) is 0 Å². The Morgan fingerprint density at radius 2 is 2.00 bits per heavy atom. The van der Waals surface area contributed by atoms with E-state index in [9.17, 15) is 4.79 Å². The van der Waals surface area contributed by atoms with Crippen molar-refractivity contribution in [2.45, 2.75) is 13.0 Å². The van der Waals surface area contributed by atoms with Crippen LogP contribution in [0.2, 0.25) is 0 Å². The number of rotatable bonds is 3. The van der Waals surface area contributed by atoms with Crippen LogP contribution in [0.25, 0.3) is 10.9 Å². The van der Waals surface area contributed by atoms with Crippen molar-refractivity contribution in [1.82, 2.24) is 15.5 Å². The van der Waals surface area contributed by atoms with E-state index in [1.54, 1.807) is 12.1 Å². The molecule has 1 amide bonds. The van der Waals surface area contributed by atoms with Crippen molar-refractivity contribution in [2.75, 3.05) is 5.73 Å². The molecule has 0 fully saturated rings. The molecule has 106 valence electrons. The molecule has 21 heavy (non-hydrogen) atoms.